The van der Waals surface area contributed by atoms with E-state index < -0.39 is 0 Å². The van der Waals surface area contributed by atoms with Gasteiger partial charge in [-0.15, -0.1) is 0 Å². The van der Waals surface area contributed by atoms with Crippen LogP contribution in [0.15, 0.2) is 24.3 Å². The lowest BCUT2D eigenvalue weighted by molar-refractivity contribution is -0.128. The molecule has 0 aliphatic heterocycles. The van der Waals surface area contributed by atoms with Crippen LogP contribution in [0.4, 0.5) is 0 Å². The van der Waals surface area contributed by atoms with E-state index in [2.05, 4.69) is 5.32 Å². The normalized spacial score (nSPS) is 17.0. The van der Waals surface area contributed by atoms with E-state index >= 15 is 0 Å². The van der Waals surface area contributed by atoms with Crippen LogP contribution in [-0.2, 0) is 4.79 Å². The average Bonchev–Trinajstić information content (AvgIpc) is 2.26. The first-order valence-corrected chi connectivity index (χ1v) is 6.06. The third-order valence-corrected chi connectivity index (χ3v) is 3.41. The molecule has 90 valence electrons. The van der Waals surface area contributed by atoms with Gasteiger partial charge in [0.05, 0.1) is 6.04 Å². The topological polar surface area (TPSA) is 46.2 Å². The van der Waals surface area contributed by atoms with Crippen LogP contribution in [0.25, 0.3) is 0 Å². The predicted octanol–water partition coefficient (Wildman–Crippen LogP) is 2.48. The number of hydrogen-bond donors (Lipinski definition) is 1. The van der Waals surface area contributed by atoms with Crippen LogP contribution in [0.1, 0.15) is 48.1 Å². The third kappa shape index (κ3) is 2.73. The Morgan fingerprint density at radius 1 is 1.35 bits per heavy atom. The van der Waals surface area contributed by atoms with Gasteiger partial charge in [0, 0.05) is 11.5 Å². The van der Waals surface area contributed by atoms with Crippen molar-refractivity contribution in [1.29, 1.82) is 0 Å². The van der Waals surface area contributed by atoms with E-state index in [4.69, 9.17) is 0 Å². The molecule has 0 radical (unpaired) electrons. The molecule has 1 aromatic rings. The molecule has 0 aromatic heterocycles. The van der Waals surface area contributed by atoms with E-state index in [9.17, 15) is 9.59 Å². The number of aldehydes is 1. The quantitative estimate of drug-likeness (QED) is 0.809. The minimum absolute atomic E-state index is 0.00352. The van der Waals surface area contributed by atoms with Gasteiger partial charge < -0.3 is 5.32 Å². The zero-order valence-electron chi connectivity index (χ0n) is 9.98. The Morgan fingerprint density at radius 2 is 2.00 bits per heavy atom. The molecule has 3 heteroatoms. The third-order valence-electron chi connectivity index (χ3n) is 3.41. The summed E-state index contributed by atoms with van der Waals surface area (Å²) in [5.74, 6) is 0.370. The molecule has 2 rings (SSSR count). The van der Waals surface area contributed by atoms with Crippen LogP contribution < -0.4 is 5.32 Å². The van der Waals surface area contributed by atoms with Gasteiger partial charge in [0.25, 0.3) is 0 Å². The highest BCUT2D eigenvalue weighted by Crippen LogP contribution is 2.27. The summed E-state index contributed by atoms with van der Waals surface area (Å²) in [6.07, 6.45) is 4.02. The smallest absolute Gasteiger partial charge is 0.223 e. The average molecular weight is 231 g/mol. The molecule has 1 unspecified atom stereocenters. The summed E-state index contributed by atoms with van der Waals surface area (Å²) in [6.45, 7) is 1.96. The van der Waals surface area contributed by atoms with Gasteiger partial charge >= 0.3 is 0 Å². The fourth-order valence-corrected chi connectivity index (χ4v) is 1.95. The largest absolute Gasteiger partial charge is 0.349 e. The molecule has 1 aliphatic carbocycles. The van der Waals surface area contributed by atoms with Gasteiger partial charge in [-0.1, -0.05) is 30.7 Å². The fraction of sp³-hybridized carbons (Fsp3) is 0.429. The SMILES string of the molecule is CC(NC(=O)C1CCC1)c1ccc(C=O)cc1. The van der Waals surface area contributed by atoms with Crippen molar-refractivity contribution in [3.8, 4) is 0 Å². The number of nitrogens with one attached hydrogen (secondary N) is 1. The second-order valence-corrected chi connectivity index (χ2v) is 4.64. The molecule has 3 nitrogen and oxygen atoms in total. The maximum absolute atomic E-state index is 11.8. The Balaban J connectivity index is 1.95. The van der Waals surface area contributed by atoms with Crippen molar-refractivity contribution in [3.63, 3.8) is 0 Å². The molecule has 1 amide bonds. The standard InChI is InChI=1S/C14H17NO2/c1-10(15-14(17)13-3-2-4-13)12-7-5-11(9-16)6-8-12/h5-10,13H,2-4H2,1H3,(H,15,17). The number of carbonyl (C=O) groups is 2. The van der Waals surface area contributed by atoms with Crippen molar-refractivity contribution in [3.05, 3.63) is 35.4 Å². The first-order chi connectivity index (χ1) is 8.20. The molecule has 0 spiro atoms. The summed E-state index contributed by atoms with van der Waals surface area (Å²) in [5, 5.41) is 3.01. The second-order valence-electron chi connectivity index (χ2n) is 4.64. The van der Waals surface area contributed by atoms with E-state index in [0.29, 0.717) is 5.56 Å². The van der Waals surface area contributed by atoms with E-state index in [1.54, 1.807) is 12.1 Å². The highest BCUT2D eigenvalue weighted by atomic mass is 16.2. The van der Waals surface area contributed by atoms with Crippen LogP contribution in [0.5, 0.6) is 0 Å². The Bertz CT molecular complexity index is 407. The predicted molar refractivity (Wildman–Crippen MR) is 65.7 cm³/mol. The summed E-state index contributed by atoms with van der Waals surface area (Å²) in [7, 11) is 0. The minimum atomic E-state index is 0.00352. The Morgan fingerprint density at radius 3 is 2.47 bits per heavy atom. The summed E-state index contributed by atoms with van der Waals surface area (Å²) in [4.78, 5) is 22.3. The van der Waals surface area contributed by atoms with Gasteiger partial charge in [-0.05, 0) is 25.3 Å². The summed E-state index contributed by atoms with van der Waals surface area (Å²) < 4.78 is 0. The molecule has 0 heterocycles. The highest BCUT2D eigenvalue weighted by molar-refractivity contribution is 5.80. The minimum Gasteiger partial charge on any atom is -0.349 e. The van der Waals surface area contributed by atoms with Crippen molar-refractivity contribution in [1.82, 2.24) is 5.32 Å². The number of benzene rings is 1. The van der Waals surface area contributed by atoms with Gasteiger partial charge in [-0.3, -0.25) is 9.59 Å². The second kappa shape index (κ2) is 5.13. The molecule has 17 heavy (non-hydrogen) atoms. The van der Waals surface area contributed by atoms with E-state index in [-0.39, 0.29) is 17.9 Å². The highest BCUT2D eigenvalue weighted by Gasteiger charge is 2.26. The number of hydrogen-bond acceptors (Lipinski definition) is 2. The molecule has 1 N–H and O–H groups in total. The van der Waals surface area contributed by atoms with Crippen LogP contribution >= 0.6 is 0 Å². The van der Waals surface area contributed by atoms with Crippen molar-refractivity contribution in [2.24, 2.45) is 5.92 Å². The van der Waals surface area contributed by atoms with Gasteiger partial charge in [-0.25, -0.2) is 0 Å². The zero-order chi connectivity index (χ0) is 12.3. The van der Waals surface area contributed by atoms with Crippen molar-refractivity contribution < 1.29 is 9.59 Å². The van der Waals surface area contributed by atoms with Gasteiger partial charge in [-0.2, -0.15) is 0 Å². The molecule has 1 saturated carbocycles. The van der Waals surface area contributed by atoms with Crippen LogP contribution in [0.3, 0.4) is 0 Å². The monoisotopic (exact) mass is 231 g/mol. The van der Waals surface area contributed by atoms with E-state index in [0.717, 1.165) is 24.7 Å². The number of carbonyl (C=O) groups excluding carboxylic acids is 2. The Kier molecular flexibility index (Phi) is 3.57. The van der Waals surface area contributed by atoms with Crippen LogP contribution in [0, 0.1) is 5.92 Å². The summed E-state index contributed by atoms with van der Waals surface area (Å²) in [5.41, 5.74) is 1.69. The van der Waals surface area contributed by atoms with Crippen molar-refractivity contribution in [2.45, 2.75) is 32.2 Å². The maximum atomic E-state index is 11.8. The molecule has 1 aliphatic rings. The lowest BCUT2D eigenvalue weighted by atomic mass is 9.84. The van der Waals surface area contributed by atoms with Gasteiger partial charge in [0.15, 0.2) is 0 Å². The van der Waals surface area contributed by atoms with Crippen LogP contribution in [-0.4, -0.2) is 12.2 Å². The summed E-state index contributed by atoms with van der Waals surface area (Å²) >= 11 is 0. The lowest BCUT2D eigenvalue weighted by Crippen LogP contribution is -2.35. The maximum Gasteiger partial charge on any atom is 0.223 e. The number of rotatable bonds is 4. The van der Waals surface area contributed by atoms with Crippen molar-refractivity contribution >= 4 is 12.2 Å². The van der Waals surface area contributed by atoms with Gasteiger partial charge in [0.1, 0.15) is 6.29 Å². The molecular formula is C14H17NO2. The molecule has 0 saturated heterocycles. The molecular weight excluding hydrogens is 214 g/mol. The zero-order valence-corrected chi connectivity index (χ0v) is 9.98. The first kappa shape index (κ1) is 11.8. The number of amides is 1. The van der Waals surface area contributed by atoms with Gasteiger partial charge in [0.2, 0.25) is 5.91 Å². The summed E-state index contributed by atoms with van der Waals surface area (Å²) in [6, 6.07) is 7.32. The fourth-order valence-electron chi connectivity index (χ4n) is 1.95. The first-order valence-electron chi connectivity index (χ1n) is 6.06. The van der Waals surface area contributed by atoms with E-state index in [1.807, 2.05) is 19.1 Å². The molecule has 1 fully saturated rings. The van der Waals surface area contributed by atoms with Crippen molar-refractivity contribution in [2.75, 3.05) is 0 Å². The molecule has 1 aromatic carbocycles. The Hall–Kier alpha value is -1.64. The lowest BCUT2D eigenvalue weighted by Gasteiger charge is -2.26. The molecule has 1 atom stereocenters. The molecule has 0 bridgehead atoms. The van der Waals surface area contributed by atoms with E-state index in [1.165, 1.54) is 6.42 Å². The van der Waals surface area contributed by atoms with Crippen LogP contribution in [0.2, 0.25) is 0 Å². The Labute approximate surface area is 101 Å².